The first-order valence-electron chi connectivity index (χ1n) is 12.6. The zero-order valence-corrected chi connectivity index (χ0v) is 23.1. The summed E-state index contributed by atoms with van der Waals surface area (Å²) in [6, 6.07) is 12.1. The van der Waals surface area contributed by atoms with E-state index >= 15 is 0 Å². The number of aromatic amines is 1. The predicted octanol–water partition coefficient (Wildman–Crippen LogP) is 5.96. The van der Waals surface area contributed by atoms with E-state index in [4.69, 9.17) is 27.9 Å². The Morgan fingerprint density at radius 2 is 1.78 bits per heavy atom. The number of ether oxygens (including phenoxy) is 1. The van der Waals surface area contributed by atoms with Crippen molar-refractivity contribution in [1.29, 1.82) is 0 Å². The van der Waals surface area contributed by atoms with Crippen LogP contribution < -0.4 is 10.2 Å². The van der Waals surface area contributed by atoms with Gasteiger partial charge in [0.1, 0.15) is 0 Å². The summed E-state index contributed by atoms with van der Waals surface area (Å²) in [6.07, 6.45) is 6.20. The van der Waals surface area contributed by atoms with Crippen LogP contribution in [0.15, 0.2) is 54.3 Å². The molecular formula is C29H34Cl2N4O2. The fraction of sp³-hybridized carbons (Fsp3) is 0.345. The van der Waals surface area contributed by atoms with Crippen LogP contribution in [0.5, 0.6) is 0 Å². The van der Waals surface area contributed by atoms with Gasteiger partial charge in [0.2, 0.25) is 0 Å². The molecule has 1 aliphatic rings. The molecule has 0 radical (unpaired) electrons. The number of H-pyrrole nitrogens is 1. The van der Waals surface area contributed by atoms with Crippen molar-refractivity contribution >= 4 is 51.8 Å². The minimum atomic E-state index is -0.220. The first kappa shape index (κ1) is 27.1. The monoisotopic (exact) mass is 540 g/mol. The highest BCUT2D eigenvalue weighted by molar-refractivity contribution is 6.42. The number of hydrogen-bond donors (Lipinski definition) is 2. The number of nitrogens with one attached hydrogen (secondary N) is 2. The van der Waals surface area contributed by atoms with Crippen LogP contribution in [-0.2, 0) is 9.53 Å². The van der Waals surface area contributed by atoms with Gasteiger partial charge in [0, 0.05) is 55.0 Å². The number of fused-ring (bicyclic) bond motifs is 1. The number of rotatable bonds is 9. The second-order valence-corrected chi connectivity index (χ2v) is 10.2. The van der Waals surface area contributed by atoms with Crippen LogP contribution in [0, 0.1) is 13.8 Å². The van der Waals surface area contributed by atoms with Gasteiger partial charge < -0.3 is 19.9 Å². The number of amides is 1. The second kappa shape index (κ2) is 12.5. The molecule has 3 aromatic rings. The Morgan fingerprint density at radius 3 is 2.49 bits per heavy atom. The summed E-state index contributed by atoms with van der Waals surface area (Å²) in [6.45, 7) is 10.0. The minimum Gasteiger partial charge on any atom is -0.491 e. The molecule has 196 valence electrons. The number of aryl methyl sites for hydroxylation is 2. The number of carbonyl (C=O) groups excluding carboxylic acids is 1. The number of anilines is 1. The first-order valence-corrected chi connectivity index (χ1v) is 13.3. The van der Waals surface area contributed by atoms with Crippen LogP contribution in [0.25, 0.3) is 17.0 Å². The summed E-state index contributed by atoms with van der Waals surface area (Å²) < 4.78 is 5.30. The first-order chi connectivity index (χ1) is 17.9. The van der Waals surface area contributed by atoms with Crippen molar-refractivity contribution in [3.8, 4) is 0 Å². The van der Waals surface area contributed by atoms with E-state index in [-0.39, 0.29) is 11.7 Å². The summed E-state index contributed by atoms with van der Waals surface area (Å²) in [5.74, 6) is 0.0443. The van der Waals surface area contributed by atoms with Crippen LogP contribution >= 0.6 is 23.2 Å². The Bertz CT molecular complexity index is 1250. The van der Waals surface area contributed by atoms with Gasteiger partial charge in [0.25, 0.3) is 5.91 Å². The average Bonchev–Trinajstić information content (AvgIpc) is 3.26. The topological polar surface area (TPSA) is 60.6 Å². The van der Waals surface area contributed by atoms with E-state index in [0.717, 1.165) is 55.7 Å². The predicted molar refractivity (Wildman–Crippen MR) is 155 cm³/mol. The normalized spacial score (nSPS) is 15.1. The molecule has 0 atom stereocenters. The summed E-state index contributed by atoms with van der Waals surface area (Å²) >= 11 is 12.2. The summed E-state index contributed by atoms with van der Waals surface area (Å²) in [5, 5.41) is 4.95. The van der Waals surface area contributed by atoms with Crippen molar-refractivity contribution in [2.45, 2.75) is 20.3 Å². The molecule has 1 amide bonds. The number of methoxy groups -OCH3 is 1. The lowest BCUT2D eigenvalue weighted by atomic mass is 10.1. The molecule has 4 rings (SSSR count). The fourth-order valence-corrected chi connectivity index (χ4v) is 5.14. The number of piperazine rings is 1. The van der Waals surface area contributed by atoms with Gasteiger partial charge in [-0.15, -0.1) is 0 Å². The van der Waals surface area contributed by atoms with Crippen LogP contribution in [0.1, 0.15) is 23.2 Å². The van der Waals surface area contributed by atoms with Gasteiger partial charge in [-0.2, -0.15) is 0 Å². The zero-order chi connectivity index (χ0) is 26.4. The molecule has 2 heterocycles. The van der Waals surface area contributed by atoms with E-state index in [0.29, 0.717) is 16.6 Å². The van der Waals surface area contributed by atoms with Crippen molar-refractivity contribution < 1.29 is 9.53 Å². The number of hydrogen-bond acceptors (Lipinski definition) is 4. The van der Waals surface area contributed by atoms with Crippen LogP contribution in [0.4, 0.5) is 5.69 Å². The molecule has 0 bridgehead atoms. The maximum atomic E-state index is 12.6. The third kappa shape index (κ3) is 6.89. The Morgan fingerprint density at radius 1 is 1.08 bits per heavy atom. The summed E-state index contributed by atoms with van der Waals surface area (Å²) in [4.78, 5) is 20.8. The second-order valence-electron chi connectivity index (χ2n) is 9.35. The maximum absolute atomic E-state index is 12.6. The van der Waals surface area contributed by atoms with Gasteiger partial charge in [-0.3, -0.25) is 9.69 Å². The van der Waals surface area contributed by atoms with Gasteiger partial charge in [-0.1, -0.05) is 47.5 Å². The highest BCUT2D eigenvalue weighted by atomic mass is 35.5. The molecule has 8 heteroatoms. The van der Waals surface area contributed by atoms with Crippen molar-refractivity contribution in [1.82, 2.24) is 15.2 Å². The lowest BCUT2D eigenvalue weighted by Gasteiger charge is -2.37. The zero-order valence-electron chi connectivity index (χ0n) is 21.6. The van der Waals surface area contributed by atoms with Gasteiger partial charge in [-0.05, 0) is 68.3 Å². The maximum Gasteiger partial charge on any atom is 0.286 e. The molecule has 37 heavy (non-hydrogen) atoms. The number of carbonyl (C=O) groups is 1. The lowest BCUT2D eigenvalue weighted by Crippen LogP contribution is -2.47. The van der Waals surface area contributed by atoms with Gasteiger partial charge >= 0.3 is 0 Å². The molecule has 0 spiro atoms. The number of para-hydroxylation sites is 1. The molecule has 0 unspecified atom stereocenters. The molecule has 2 aromatic carbocycles. The quantitative estimate of drug-likeness (QED) is 0.152. The summed E-state index contributed by atoms with van der Waals surface area (Å²) in [5.41, 5.74) is 5.82. The molecule has 1 fully saturated rings. The van der Waals surface area contributed by atoms with Crippen molar-refractivity contribution in [3.63, 3.8) is 0 Å². The molecule has 1 saturated heterocycles. The largest absolute Gasteiger partial charge is 0.491 e. The van der Waals surface area contributed by atoms with E-state index in [2.05, 4.69) is 52.1 Å². The fourth-order valence-electron chi connectivity index (χ4n) is 4.81. The van der Waals surface area contributed by atoms with Crippen LogP contribution in [0.3, 0.4) is 0 Å². The van der Waals surface area contributed by atoms with Gasteiger partial charge in [0.05, 0.1) is 17.2 Å². The van der Waals surface area contributed by atoms with Crippen molar-refractivity contribution in [3.05, 3.63) is 81.2 Å². The van der Waals surface area contributed by atoms with Crippen molar-refractivity contribution in [2.75, 3.05) is 51.3 Å². The van der Waals surface area contributed by atoms with E-state index < -0.39 is 0 Å². The molecule has 1 aliphatic heterocycles. The summed E-state index contributed by atoms with van der Waals surface area (Å²) in [7, 11) is 1.50. The molecule has 0 saturated carbocycles. The SMILES string of the molecule is CO/C(=C\C=C\c1cc2cc(Cl)c(Cl)cc2[nH]1)C(=O)NCCCN1CCN(c2c(C)cccc2C)CC1. The van der Waals surface area contributed by atoms with E-state index in [1.54, 1.807) is 18.2 Å². The Kier molecular flexibility index (Phi) is 9.19. The van der Waals surface area contributed by atoms with E-state index in [1.165, 1.54) is 23.9 Å². The molecule has 0 aliphatic carbocycles. The minimum absolute atomic E-state index is 0.220. The Labute approximate surface area is 228 Å². The molecule has 6 nitrogen and oxygen atoms in total. The standard InChI is InChI=1S/C29H34Cl2N4O2/c1-20-7-4-8-21(2)28(20)35-15-13-34(14-16-35)12-6-11-32-29(36)27(37-3)10-5-9-23-17-22-18-24(30)25(31)19-26(22)33-23/h4-5,7-10,17-19,33H,6,11-16H2,1-3H3,(H,32,36)/b9-5+,27-10-. The van der Waals surface area contributed by atoms with Crippen LogP contribution in [-0.4, -0.2) is 62.2 Å². The number of allylic oxidation sites excluding steroid dienone is 2. The molecule has 2 N–H and O–H groups in total. The molecular weight excluding hydrogens is 507 g/mol. The molecule has 1 aromatic heterocycles. The van der Waals surface area contributed by atoms with Crippen molar-refractivity contribution in [2.24, 2.45) is 0 Å². The average molecular weight is 542 g/mol. The highest BCUT2D eigenvalue weighted by Gasteiger charge is 2.19. The lowest BCUT2D eigenvalue weighted by molar-refractivity contribution is -0.120. The Balaban J connectivity index is 1.21. The van der Waals surface area contributed by atoms with Gasteiger partial charge in [-0.25, -0.2) is 0 Å². The van der Waals surface area contributed by atoms with E-state index in [9.17, 15) is 4.79 Å². The Hall–Kier alpha value is -2.93. The number of halogens is 2. The smallest absolute Gasteiger partial charge is 0.286 e. The number of benzene rings is 2. The third-order valence-corrected chi connectivity index (χ3v) is 7.44. The van der Waals surface area contributed by atoms with E-state index in [1.807, 2.05) is 18.2 Å². The number of aromatic nitrogens is 1. The van der Waals surface area contributed by atoms with Crippen LogP contribution in [0.2, 0.25) is 10.0 Å². The third-order valence-electron chi connectivity index (χ3n) is 6.71. The number of nitrogens with zero attached hydrogens (tertiary/aromatic N) is 2. The van der Waals surface area contributed by atoms with Gasteiger partial charge in [0.15, 0.2) is 5.76 Å². The highest BCUT2D eigenvalue weighted by Crippen LogP contribution is 2.28.